The first-order valence-corrected chi connectivity index (χ1v) is 6.80. The van der Waals surface area contributed by atoms with E-state index in [1.165, 1.54) is 11.8 Å². The highest BCUT2D eigenvalue weighted by atomic mass is 32.2. The summed E-state index contributed by atoms with van der Waals surface area (Å²) in [4.78, 5) is 12.0. The minimum absolute atomic E-state index is 0.488. The molecule has 0 aliphatic rings. The molecule has 1 atom stereocenters. The molecule has 0 fully saturated rings. The lowest BCUT2D eigenvalue weighted by Gasteiger charge is -2.05. The van der Waals surface area contributed by atoms with Crippen LogP contribution in [0.5, 0.6) is 0 Å². The highest BCUT2D eigenvalue weighted by molar-refractivity contribution is 7.99. The standard InChI is InChI=1S/C14H13N3OS/c1-9(18)10-6-7-15-13(8-10)19-14-16-11-4-2-3-5-12(11)17-14/h2-9,18H,1H3,(H,16,17)/t9-/m1/s1. The number of aromatic amines is 1. The van der Waals surface area contributed by atoms with Gasteiger partial charge in [-0.3, -0.25) is 0 Å². The number of pyridine rings is 1. The Balaban J connectivity index is 1.90. The van der Waals surface area contributed by atoms with E-state index in [0.717, 1.165) is 26.8 Å². The zero-order chi connectivity index (χ0) is 13.2. The zero-order valence-electron chi connectivity index (χ0n) is 10.4. The normalized spacial score (nSPS) is 12.7. The van der Waals surface area contributed by atoms with Crippen molar-refractivity contribution in [3.63, 3.8) is 0 Å². The van der Waals surface area contributed by atoms with Gasteiger partial charge in [-0.2, -0.15) is 0 Å². The number of para-hydroxylation sites is 2. The molecule has 4 nitrogen and oxygen atoms in total. The molecule has 0 bridgehead atoms. The number of aliphatic hydroxyl groups excluding tert-OH is 1. The van der Waals surface area contributed by atoms with Crippen LogP contribution in [0.25, 0.3) is 11.0 Å². The summed E-state index contributed by atoms with van der Waals surface area (Å²) in [6.45, 7) is 1.74. The van der Waals surface area contributed by atoms with Crippen LogP contribution < -0.4 is 0 Å². The molecule has 0 radical (unpaired) electrons. The summed E-state index contributed by atoms with van der Waals surface area (Å²) in [6.07, 6.45) is 1.21. The molecule has 5 heteroatoms. The largest absolute Gasteiger partial charge is 0.389 e. The van der Waals surface area contributed by atoms with Gasteiger partial charge in [0.05, 0.1) is 17.1 Å². The van der Waals surface area contributed by atoms with Crippen LogP contribution >= 0.6 is 11.8 Å². The van der Waals surface area contributed by atoms with Crippen molar-refractivity contribution in [2.75, 3.05) is 0 Å². The number of H-pyrrole nitrogens is 1. The quantitative estimate of drug-likeness (QED) is 0.768. The van der Waals surface area contributed by atoms with Crippen LogP contribution in [0.3, 0.4) is 0 Å². The van der Waals surface area contributed by atoms with Gasteiger partial charge in [0.1, 0.15) is 5.03 Å². The van der Waals surface area contributed by atoms with E-state index < -0.39 is 6.10 Å². The second-order valence-corrected chi connectivity index (χ2v) is 5.27. The van der Waals surface area contributed by atoms with Gasteiger partial charge in [-0.15, -0.1) is 0 Å². The van der Waals surface area contributed by atoms with Gasteiger partial charge in [0, 0.05) is 6.20 Å². The van der Waals surface area contributed by atoms with Crippen molar-refractivity contribution in [1.82, 2.24) is 15.0 Å². The number of rotatable bonds is 3. The van der Waals surface area contributed by atoms with Crippen LogP contribution in [0.2, 0.25) is 0 Å². The Morgan fingerprint density at radius 1 is 1.26 bits per heavy atom. The SMILES string of the molecule is C[C@@H](O)c1ccnc(Sc2nc3ccccc3[nH]2)c1. The van der Waals surface area contributed by atoms with E-state index in [-0.39, 0.29) is 0 Å². The number of aliphatic hydroxyl groups is 1. The summed E-state index contributed by atoms with van der Waals surface area (Å²) in [6, 6.07) is 11.6. The number of fused-ring (bicyclic) bond motifs is 1. The Bertz CT molecular complexity index is 675. The predicted molar refractivity (Wildman–Crippen MR) is 75.1 cm³/mol. The highest BCUT2D eigenvalue weighted by Crippen LogP contribution is 2.27. The second kappa shape index (κ2) is 5.03. The molecule has 0 saturated carbocycles. The molecule has 0 spiro atoms. The first-order chi connectivity index (χ1) is 9.22. The van der Waals surface area contributed by atoms with E-state index >= 15 is 0 Å². The summed E-state index contributed by atoms with van der Waals surface area (Å²) >= 11 is 1.46. The van der Waals surface area contributed by atoms with Gasteiger partial charge in [-0.1, -0.05) is 12.1 Å². The zero-order valence-corrected chi connectivity index (χ0v) is 11.2. The number of hydrogen-bond donors (Lipinski definition) is 2. The van der Waals surface area contributed by atoms with Crippen LogP contribution in [0.15, 0.2) is 52.8 Å². The lowest BCUT2D eigenvalue weighted by atomic mass is 10.2. The van der Waals surface area contributed by atoms with Crippen molar-refractivity contribution < 1.29 is 5.11 Å². The summed E-state index contributed by atoms with van der Waals surface area (Å²) in [5, 5.41) is 11.2. The third-order valence-electron chi connectivity index (χ3n) is 2.81. The lowest BCUT2D eigenvalue weighted by molar-refractivity contribution is 0.199. The van der Waals surface area contributed by atoms with Crippen LogP contribution in [-0.4, -0.2) is 20.1 Å². The van der Waals surface area contributed by atoms with Gasteiger partial charge in [-0.25, -0.2) is 9.97 Å². The molecule has 0 amide bonds. The van der Waals surface area contributed by atoms with Crippen molar-refractivity contribution in [2.45, 2.75) is 23.2 Å². The number of nitrogens with zero attached hydrogens (tertiary/aromatic N) is 2. The number of benzene rings is 1. The first-order valence-electron chi connectivity index (χ1n) is 5.99. The summed E-state index contributed by atoms with van der Waals surface area (Å²) in [5.41, 5.74) is 2.81. The highest BCUT2D eigenvalue weighted by Gasteiger charge is 2.07. The van der Waals surface area contributed by atoms with Crippen LogP contribution in [0, 0.1) is 0 Å². The molecule has 0 aliphatic heterocycles. The molecular weight excluding hydrogens is 258 g/mol. The Morgan fingerprint density at radius 3 is 2.89 bits per heavy atom. The van der Waals surface area contributed by atoms with Crippen molar-refractivity contribution in [2.24, 2.45) is 0 Å². The fourth-order valence-corrected chi connectivity index (χ4v) is 2.63. The molecule has 2 aromatic heterocycles. The Morgan fingerprint density at radius 2 is 2.11 bits per heavy atom. The third-order valence-corrected chi connectivity index (χ3v) is 3.63. The maximum Gasteiger partial charge on any atom is 0.172 e. The summed E-state index contributed by atoms with van der Waals surface area (Å²) in [7, 11) is 0. The predicted octanol–water partition coefficient (Wildman–Crippen LogP) is 3.16. The number of hydrogen-bond acceptors (Lipinski definition) is 4. The third kappa shape index (κ3) is 2.62. The van der Waals surface area contributed by atoms with E-state index in [1.807, 2.05) is 36.4 Å². The van der Waals surface area contributed by atoms with Crippen LogP contribution in [-0.2, 0) is 0 Å². The van der Waals surface area contributed by atoms with E-state index in [4.69, 9.17) is 0 Å². The average molecular weight is 271 g/mol. The molecule has 2 N–H and O–H groups in total. The molecule has 96 valence electrons. The van der Waals surface area contributed by atoms with Gasteiger partial charge < -0.3 is 10.1 Å². The number of aromatic nitrogens is 3. The monoisotopic (exact) mass is 271 g/mol. The minimum atomic E-state index is -0.488. The van der Waals surface area contributed by atoms with Crippen LogP contribution in [0.1, 0.15) is 18.6 Å². The minimum Gasteiger partial charge on any atom is -0.389 e. The maximum absolute atomic E-state index is 9.57. The molecule has 1 aromatic carbocycles. The van der Waals surface area contributed by atoms with Crippen molar-refractivity contribution in [1.29, 1.82) is 0 Å². The molecule has 2 heterocycles. The van der Waals surface area contributed by atoms with Crippen molar-refractivity contribution in [3.8, 4) is 0 Å². The average Bonchev–Trinajstić information content (AvgIpc) is 2.81. The van der Waals surface area contributed by atoms with Gasteiger partial charge in [0.25, 0.3) is 0 Å². The molecular formula is C14H13N3OS. The topological polar surface area (TPSA) is 61.8 Å². The van der Waals surface area contributed by atoms with E-state index in [0.29, 0.717) is 0 Å². The molecule has 3 aromatic rings. The molecule has 0 aliphatic carbocycles. The fraction of sp³-hybridized carbons (Fsp3) is 0.143. The van der Waals surface area contributed by atoms with E-state index in [9.17, 15) is 5.11 Å². The van der Waals surface area contributed by atoms with Gasteiger partial charge in [0.15, 0.2) is 5.16 Å². The van der Waals surface area contributed by atoms with E-state index in [1.54, 1.807) is 13.1 Å². The van der Waals surface area contributed by atoms with Gasteiger partial charge in [0.2, 0.25) is 0 Å². The van der Waals surface area contributed by atoms with Crippen LogP contribution in [0.4, 0.5) is 0 Å². The summed E-state index contributed by atoms with van der Waals surface area (Å²) in [5.74, 6) is 0. The fourth-order valence-electron chi connectivity index (χ4n) is 1.82. The molecule has 0 unspecified atom stereocenters. The lowest BCUT2D eigenvalue weighted by Crippen LogP contribution is -1.92. The summed E-state index contributed by atoms with van der Waals surface area (Å²) < 4.78 is 0. The van der Waals surface area contributed by atoms with Crippen molar-refractivity contribution in [3.05, 3.63) is 48.2 Å². The number of imidazole rings is 1. The smallest absolute Gasteiger partial charge is 0.172 e. The Kier molecular flexibility index (Phi) is 3.23. The molecule has 3 rings (SSSR count). The van der Waals surface area contributed by atoms with Crippen molar-refractivity contribution >= 4 is 22.8 Å². The van der Waals surface area contributed by atoms with E-state index in [2.05, 4.69) is 15.0 Å². The van der Waals surface area contributed by atoms with Gasteiger partial charge >= 0.3 is 0 Å². The number of nitrogens with one attached hydrogen (secondary N) is 1. The second-order valence-electron chi connectivity index (χ2n) is 4.26. The molecule has 0 saturated heterocycles. The first kappa shape index (κ1) is 12.2. The Labute approximate surface area is 114 Å². The van der Waals surface area contributed by atoms with Gasteiger partial charge in [-0.05, 0) is 48.5 Å². The Hall–Kier alpha value is -1.85. The maximum atomic E-state index is 9.57. The molecule has 19 heavy (non-hydrogen) atoms.